The molecule has 1 saturated heterocycles. The monoisotopic (exact) mass is 276 g/mol. The molecule has 0 radical (unpaired) electrons. The molecule has 3 rings (SSSR count). The minimum Gasteiger partial charge on any atom is -0.310 e. The van der Waals surface area contributed by atoms with Crippen LogP contribution >= 0.6 is 0 Å². The van der Waals surface area contributed by atoms with Gasteiger partial charge in [0.2, 0.25) is 0 Å². The van der Waals surface area contributed by atoms with Gasteiger partial charge in [0.15, 0.2) is 0 Å². The second-order valence-electron chi connectivity index (χ2n) is 6.42. The molecule has 0 amide bonds. The Morgan fingerprint density at radius 1 is 1.25 bits per heavy atom. The lowest BCUT2D eigenvalue weighted by Gasteiger charge is -2.29. The third kappa shape index (κ3) is 3.21. The van der Waals surface area contributed by atoms with Crippen LogP contribution in [0.3, 0.4) is 0 Å². The van der Waals surface area contributed by atoms with E-state index in [2.05, 4.69) is 17.3 Å². The zero-order valence-electron chi connectivity index (χ0n) is 12.4. The summed E-state index contributed by atoms with van der Waals surface area (Å²) in [6, 6.07) is 5.70. The molecule has 0 spiro atoms. The third-order valence-corrected chi connectivity index (χ3v) is 4.96. The van der Waals surface area contributed by atoms with E-state index in [4.69, 9.17) is 0 Å². The highest BCUT2D eigenvalue weighted by molar-refractivity contribution is 5.34. The molecule has 0 saturated carbocycles. The summed E-state index contributed by atoms with van der Waals surface area (Å²) in [5.74, 6) is 0.781. The Hall–Kier alpha value is -0.930. The van der Waals surface area contributed by atoms with Crippen molar-refractivity contribution in [3.63, 3.8) is 0 Å². The van der Waals surface area contributed by atoms with Crippen LogP contribution in [-0.2, 0) is 6.42 Å². The molecule has 110 valence electrons. The zero-order chi connectivity index (χ0) is 13.9. The maximum Gasteiger partial charge on any atom is 0.123 e. The first-order valence-corrected chi connectivity index (χ1v) is 7.92. The molecule has 1 aromatic rings. The summed E-state index contributed by atoms with van der Waals surface area (Å²) < 4.78 is 13.2. The third-order valence-electron chi connectivity index (χ3n) is 4.96. The van der Waals surface area contributed by atoms with E-state index in [0.29, 0.717) is 6.04 Å². The van der Waals surface area contributed by atoms with E-state index in [0.717, 1.165) is 25.3 Å². The lowest BCUT2D eigenvalue weighted by atomic mass is 9.93. The summed E-state index contributed by atoms with van der Waals surface area (Å²) >= 11 is 0. The Labute approximate surface area is 121 Å². The van der Waals surface area contributed by atoms with Crippen molar-refractivity contribution >= 4 is 0 Å². The van der Waals surface area contributed by atoms with Crippen LogP contribution in [0.25, 0.3) is 0 Å². The predicted octanol–water partition coefficient (Wildman–Crippen LogP) is 3.13. The zero-order valence-corrected chi connectivity index (χ0v) is 12.4. The minimum absolute atomic E-state index is 0.101. The molecular formula is C17H25FN2. The lowest BCUT2D eigenvalue weighted by molar-refractivity contribution is 0.210. The van der Waals surface area contributed by atoms with Crippen molar-refractivity contribution in [1.82, 2.24) is 10.2 Å². The van der Waals surface area contributed by atoms with Gasteiger partial charge < -0.3 is 10.2 Å². The summed E-state index contributed by atoms with van der Waals surface area (Å²) in [5, 5.41) is 3.68. The number of piperidine rings is 1. The van der Waals surface area contributed by atoms with Crippen LogP contribution < -0.4 is 5.32 Å². The molecule has 0 aromatic heterocycles. The number of nitrogens with zero attached hydrogens (tertiary/aromatic N) is 1. The largest absolute Gasteiger partial charge is 0.310 e. The topological polar surface area (TPSA) is 15.3 Å². The summed E-state index contributed by atoms with van der Waals surface area (Å²) in [6.45, 7) is 3.59. The number of nitrogens with one attached hydrogen (secondary N) is 1. The van der Waals surface area contributed by atoms with Crippen molar-refractivity contribution < 1.29 is 4.39 Å². The van der Waals surface area contributed by atoms with Crippen LogP contribution in [0, 0.1) is 11.7 Å². The van der Waals surface area contributed by atoms with Crippen LogP contribution in [0.5, 0.6) is 0 Å². The van der Waals surface area contributed by atoms with Gasteiger partial charge in [-0.15, -0.1) is 0 Å². The fraction of sp³-hybridized carbons (Fsp3) is 0.647. The van der Waals surface area contributed by atoms with Gasteiger partial charge in [-0.3, -0.25) is 0 Å². The summed E-state index contributed by atoms with van der Waals surface area (Å²) in [5.41, 5.74) is 2.51. The van der Waals surface area contributed by atoms with Crippen molar-refractivity contribution in [2.75, 3.05) is 26.7 Å². The molecule has 2 nitrogen and oxygen atoms in total. The molecule has 1 aromatic carbocycles. The normalized spacial score (nSPS) is 24.0. The first-order valence-electron chi connectivity index (χ1n) is 7.92. The second-order valence-corrected chi connectivity index (χ2v) is 6.42. The van der Waals surface area contributed by atoms with Gasteiger partial charge in [-0.1, -0.05) is 6.07 Å². The molecule has 1 aliphatic carbocycles. The van der Waals surface area contributed by atoms with Crippen molar-refractivity contribution in [3.05, 3.63) is 35.1 Å². The molecule has 1 N–H and O–H groups in total. The Morgan fingerprint density at radius 2 is 2.05 bits per heavy atom. The predicted molar refractivity (Wildman–Crippen MR) is 80.3 cm³/mol. The fourth-order valence-electron chi connectivity index (χ4n) is 3.61. The van der Waals surface area contributed by atoms with Crippen LogP contribution in [0.1, 0.15) is 42.9 Å². The number of rotatable bonds is 4. The van der Waals surface area contributed by atoms with Crippen LogP contribution in [0.4, 0.5) is 4.39 Å². The number of hydrogen-bond acceptors (Lipinski definition) is 2. The van der Waals surface area contributed by atoms with E-state index < -0.39 is 0 Å². The van der Waals surface area contributed by atoms with E-state index in [1.54, 1.807) is 12.1 Å². The minimum atomic E-state index is -0.101. The fourth-order valence-corrected chi connectivity index (χ4v) is 3.61. The van der Waals surface area contributed by atoms with Gasteiger partial charge in [-0.05, 0) is 88.0 Å². The molecule has 20 heavy (non-hydrogen) atoms. The number of benzene rings is 1. The number of likely N-dealkylation sites (tertiary alicyclic amines) is 1. The van der Waals surface area contributed by atoms with Gasteiger partial charge in [-0.25, -0.2) is 4.39 Å². The molecule has 2 aliphatic rings. The molecular weight excluding hydrogens is 251 g/mol. The SMILES string of the molecule is CN1CCC(CCNC2CCc3cc(F)ccc32)CC1. The van der Waals surface area contributed by atoms with E-state index in [9.17, 15) is 4.39 Å². The maximum atomic E-state index is 13.2. The Morgan fingerprint density at radius 3 is 2.85 bits per heavy atom. The van der Waals surface area contributed by atoms with Crippen molar-refractivity contribution in [3.8, 4) is 0 Å². The lowest BCUT2D eigenvalue weighted by Crippen LogP contribution is -2.32. The van der Waals surface area contributed by atoms with Gasteiger partial charge in [0.1, 0.15) is 5.82 Å². The van der Waals surface area contributed by atoms with E-state index >= 15 is 0 Å². The summed E-state index contributed by atoms with van der Waals surface area (Å²) in [7, 11) is 2.21. The maximum absolute atomic E-state index is 13.2. The Bertz CT molecular complexity index is 452. The van der Waals surface area contributed by atoms with Gasteiger partial charge in [0, 0.05) is 6.04 Å². The van der Waals surface area contributed by atoms with Gasteiger partial charge >= 0.3 is 0 Å². The molecule has 0 bridgehead atoms. The standard InChI is InChI=1S/C17H25FN2/c1-20-10-7-13(8-11-20)6-9-19-17-5-2-14-12-15(18)3-4-16(14)17/h3-4,12-13,17,19H,2,5-11H2,1H3. The summed E-state index contributed by atoms with van der Waals surface area (Å²) in [6.07, 6.45) is 6.08. The Balaban J connectivity index is 1.46. The Kier molecular flexibility index (Phi) is 4.37. The van der Waals surface area contributed by atoms with Crippen LogP contribution in [0.2, 0.25) is 0 Å². The van der Waals surface area contributed by atoms with Gasteiger partial charge in [0.05, 0.1) is 0 Å². The highest BCUT2D eigenvalue weighted by atomic mass is 19.1. The number of fused-ring (bicyclic) bond motifs is 1. The molecule has 1 heterocycles. The molecule has 3 heteroatoms. The first-order chi connectivity index (χ1) is 9.72. The molecule has 1 aliphatic heterocycles. The quantitative estimate of drug-likeness (QED) is 0.909. The van der Waals surface area contributed by atoms with E-state index in [-0.39, 0.29) is 5.82 Å². The van der Waals surface area contributed by atoms with E-state index in [1.165, 1.54) is 43.5 Å². The molecule has 1 fully saturated rings. The number of halogens is 1. The van der Waals surface area contributed by atoms with Crippen LogP contribution in [-0.4, -0.2) is 31.6 Å². The average Bonchev–Trinajstić information content (AvgIpc) is 2.83. The smallest absolute Gasteiger partial charge is 0.123 e. The van der Waals surface area contributed by atoms with Crippen molar-refractivity contribution in [2.45, 2.75) is 38.1 Å². The highest BCUT2D eigenvalue weighted by Crippen LogP contribution is 2.31. The van der Waals surface area contributed by atoms with Gasteiger partial charge in [0.25, 0.3) is 0 Å². The second kappa shape index (κ2) is 6.23. The molecule has 1 atom stereocenters. The first kappa shape index (κ1) is 14.0. The number of hydrogen-bond donors (Lipinski definition) is 1. The van der Waals surface area contributed by atoms with Crippen LogP contribution in [0.15, 0.2) is 18.2 Å². The van der Waals surface area contributed by atoms with Gasteiger partial charge in [-0.2, -0.15) is 0 Å². The van der Waals surface area contributed by atoms with Crippen molar-refractivity contribution in [2.24, 2.45) is 5.92 Å². The van der Waals surface area contributed by atoms with E-state index in [1.807, 2.05) is 6.07 Å². The summed E-state index contributed by atoms with van der Waals surface area (Å²) in [4.78, 5) is 2.42. The highest BCUT2D eigenvalue weighted by Gasteiger charge is 2.23. The molecule has 1 unspecified atom stereocenters. The number of aryl methyl sites for hydroxylation is 1. The average molecular weight is 276 g/mol. The van der Waals surface area contributed by atoms with Crippen molar-refractivity contribution in [1.29, 1.82) is 0 Å².